The molecule has 1 aromatic rings. The molecule has 1 aromatic heterocycles. The van der Waals surface area contributed by atoms with Crippen LogP contribution in [0.25, 0.3) is 0 Å². The molecule has 1 heterocycles. The number of pyridine rings is 1. The van der Waals surface area contributed by atoms with Crippen molar-refractivity contribution in [2.75, 3.05) is 5.73 Å². The molecule has 0 aliphatic rings. The maximum Gasteiger partial charge on any atom is 0.273 e. The highest BCUT2D eigenvalue weighted by atomic mass is 16.1. The van der Waals surface area contributed by atoms with E-state index in [9.17, 15) is 4.79 Å². The van der Waals surface area contributed by atoms with Crippen molar-refractivity contribution >= 4 is 5.69 Å². The minimum Gasteiger partial charge on any atom is -0.394 e. The lowest BCUT2D eigenvalue weighted by Crippen LogP contribution is -2.21. The van der Waals surface area contributed by atoms with Crippen LogP contribution >= 0.6 is 0 Å². The summed E-state index contributed by atoms with van der Waals surface area (Å²) in [7, 11) is 0. The Hall–Kier alpha value is -1.51. The van der Waals surface area contributed by atoms with E-state index in [0.29, 0.717) is 12.2 Å². The van der Waals surface area contributed by atoms with E-state index >= 15 is 0 Å². The van der Waals surface area contributed by atoms with E-state index in [-0.39, 0.29) is 5.56 Å². The predicted octanol–water partition coefficient (Wildman–Crippen LogP) is 1.79. The van der Waals surface area contributed by atoms with Crippen molar-refractivity contribution < 1.29 is 0 Å². The normalized spacial score (nSPS) is 9.86. The van der Waals surface area contributed by atoms with Crippen LogP contribution in [-0.2, 0) is 6.54 Å². The van der Waals surface area contributed by atoms with Crippen molar-refractivity contribution in [2.45, 2.75) is 26.8 Å². The molecule has 2 N–H and O–H groups in total. The van der Waals surface area contributed by atoms with Gasteiger partial charge in [-0.25, -0.2) is 0 Å². The van der Waals surface area contributed by atoms with Crippen LogP contribution in [0.5, 0.6) is 0 Å². The lowest BCUT2D eigenvalue weighted by molar-refractivity contribution is 0.681. The number of nitrogens with two attached hydrogens (primary N) is 1. The molecule has 0 fully saturated rings. The van der Waals surface area contributed by atoms with E-state index < -0.39 is 0 Å². The number of rotatable bonds is 3. The zero-order valence-corrected chi connectivity index (χ0v) is 8.66. The van der Waals surface area contributed by atoms with Gasteiger partial charge in [0.15, 0.2) is 0 Å². The van der Waals surface area contributed by atoms with Crippen molar-refractivity contribution in [3.8, 4) is 0 Å². The molecule has 0 aliphatic heterocycles. The average molecular weight is 192 g/mol. The Bertz CT molecular complexity index is 387. The third-order valence-electron chi connectivity index (χ3n) is 1.97. The van der Waals surface area contributed by atoms with Crippen molar-refractivity contribution in [1.29, 1.82) is 0 Å². The van der Waals surface area contributed by atoms with Gasteiger partial charge in [0.25, 0.3) is 5.56 Å². The molecule has 76 valence electrons. The number of hydrogen-bond acceptors (Lipinski definition) is 2. The Balaban J connectivity index is 2.73. The van der Waals surface area contributed by atoms with Gasteiger partial charge in [-0.1, -0.05) is 11.6 Å². The fourth-order valence-corrected chi connectivity index (χ4v) is 1.22. The minimum atomic E-state index is -0.102. The molecule has 0 saturated heterocycles. The second-order valence-corrected chi connectivity index (χ2v) is 3.53. The van der Waals surface area contributed by atoms with Gasteiger partial charge in [-0.2, -0.15) is 0 Å². The van der Waals surface area contributed by atoms with Crippen LogP contribution in [-0.4, -0.2) is 4.57 Å². The van der Waals surface area contributed by atoms with Crippen molar-refractivity contribution in [3.05, 3.63) is 40.3 Å². The molecule has 0 atom stereocenters. The fourth-order valence-electron chi connectivity index (χ4n) is 1.22. The molecule has 0 bridgehead atoms. The second-order valence-electron chi connectivity index (χ2n) is 3.53. The number of allylic oxidation sites excluding steroid dienone is 2. The first-order valence-corrected chi connectivity index (χ1v) is 4.69. The van der Waals surface area contributed by atoms with E-state index in [1.165, 1.54) is 5.57 Å². The number of aromatic nitrogens is 1. The Morgan fingerprint density at radius 3 is 2.93 bits per heavy atom. The molecule has 0 amide bonds. The topological polar surface area (TPSA) is 48.0 Å². The summed E-state index contributed by atoms with van der Waals surface area (Å²) in [5, 5.41) is 0. The van der Waals surface area contributed by atoms with E-state index in [2.05, 4.69) is 6.08 Å². The van der Waals surface area contributed by atoms with Gasteiger partial charge >= 0.3 is 0 Å². The monoisotopic (exact) mass is 192 g/mol. The first-order valence-electron chi connectivity index (χ1n) is 4.69. The summed E-state index contributed by atoms with van der Waals surface area (Å²) < 4.78 is 1.63. The maximum absolute atomic E-state index is 11.5. The van der Waals surface area contributed by atoms with E-state index in [4.69, 9.17) is 5.73 Å². The molecule has 3 nitrogen and oxygen atoms in total. The maximum atomic E-state index is 11.5. The molecule has 0 unspecified atom stereocenters. The third kappa shape index (κ3) is 2.76. The van der Waals surface area contributed by atoms with Crippen molar-refractivity contribution in [2.24, 2.45) is 0 Å². The Kier molecular flexibility index (Phi) is 3.51. The summed E-state index contributed by atoms with van der Waals surface area (Å²) in [4.78, 5) is 11.5. The largest absolute Gasteiger partial charge is 0.394 e. The Morgan fingerprint density at radius 2 is 2.29 bits per heavy atom. The number of hydrogen-bond donors (Lipinski definition) is 1. The summed E-state index contributed by atoms with van der Waals surface area (Å²) in [6.07, 6.45) is 4.73. The highest BCUT2D eigenvalue weighted by molar-refractivity contribution is 5.33. The zero-order chi connectivity index (χ0) is 10.6. The lowest BCUT2D eigenvalue weighted by Gasteiger charge is -2.03. The Labute approximate surface area is 83.9 Å². The molecular weight excluding hydrogens is 176 g/mol. The average Bonchev–Trinajstić information content (AvgIpc) is 2.12. The van der Waals surface area contributed by atoms with E-state index in [1.807, 2.05) is 13.8 Å². The van der Waals surface area contributed by atoms with E-state index in [0.717, 1.165) is 6.42 Å². The molecule has 1 rings (SSSR count). The molecule has 3 heteroatoms. The first-order chi connectivity index (χ1) is 6.61. The summed E-state index contributed by atoms with van der Waals surface area (Å²) in [5.41, 5.74) is 6.98. The van der Waals surface area contributed by atoms with Crippen LogP contribution in [0, 0.1) is 0 Å². The van der Waals surface area contributed by atoms with Crippen molar-refractivity contribution in [1.82, 2.24) is 4.57 Å². The lowest BCUT2D eigenvalue weighted by atomic mass is 10.2. The SMILES string of the molecule is CC(C)=CCCn1cccc(N)c1=O. The molecule has 0 aliphatic carbocycles. The molecule has 0 spiro atoms. The van der Waals surface area contributed by atoms with Gasteiger partial charge in [0, 0.05) is 12.7 Å². The molecular formula is C11H16N2O. The number of nitrogens with zero attached hydrogens (tertiary/aromatic N) is 1. The molecule has 14 heavy (non-hydrogen) atoms. The van der Waals surface area contributed by atoms with Crippen LogP contribution in [0.4, 0.5) is 5.69 Å². The fraction of sp³-hybridized carbons (Fsp3) is 0.364. The van der Waals surface area contributed by atoms with Gasteiger partial charge < -0.3 is 10.3 Å². The van der Waals surface area contributed by atoms with Crippen LogP contribution < -0.4 is 11.3 Å². The summed E-state index contributed by atoms with van der Waals surface area (Å²) in [6.45, 7) is 4.78. The quantitative estimate of drug-likeness (QED) is 0.742. The number of aryl methyl sites for hydroxylation is 1. The van der Waals surface area contributed by atoms with Crippen LogP contribution in [0.2, 0.25) is 0 Å². The number of nitrogen functional groups attached to an aromatic ring is 1. The van der Waals surface area contributed by atoms with Gasteiger partial charge in [-0.15, -0.1) is 0 Å². The standard InChI is InChI=1S/C11H16N2O/c1-9(2)5-3-7-13-8-4-6-10(12)11(13)14/h4-6,8H,3,7,12H2,1-2H3. The predicted molar refractivity (Wildman–Crippen MR) is 59.2 cm³/mol. The molecule has 0 radical (unpaired) electrons. The zero-order valence-electron chi connectivity index (χ0n) is 8.66. The minimum absolute atomic E-state index is 0.102. The van der Waals surface area contributed by atoms with Crippen LogP contribution in [0.1, 0.15) is 20.3 Å². The van der Waals surface area contributed by atoms with Crippen LogP contribution in [0.3, 0.4) is 0 Å². The van der Waals surface area contributed by atoms with Gasteiger partial charge in [0.2, 0.25) is 0 Å². The van der Waals surface area contributed by atoms with Crippen LogP contribution in [0.15, 0.2) is 34.8 Å². The summed E-state index contributed by atoms with van der Waals surface area (Å²) in [6, 6.07) is 3.42. The first kappa shape index (κ1) is 10.6. The summed E-state index contributed by atoms with van der Waals surface area (Å²) in [5.74, 6) is 0. The Morgan fingerprint density at radius 1 is 1.57 bits per heavy atom. The highest BCUT2D eigenvalue weighted by Gasteiger charge is 1.96. The molecule has 0 aromatic carbocycles. The van der Waals surface area contributed by atoms with Gasteiger partial charge in [0.1, 0.15) is 0 Å². The smallest absolute Gasteiger partial charge is 0.273 e. The van der Waals surface area contributed by atoms with Gasteiger partial charge in [-0.3, -0.25) is 4.79 Å². The van der Waals surface area contributed by atoms with E-state index in [1.54, 1.807) is 22.9 Å². The highest BCUT2D eigenvalue weighted by Crippen LogP contribution is 1.97. The summed E-state index contributed by atoms with van der Waals surface area (Å²) >= 11 is 0. The third-order valence-corrected chi connectivity index (χ3v) is 1.97. The van der Waals surface area contributed by atoms with Crippen molar-refractivity contribution in [3.63, 3.8) is 0 Å². The second kappa shape index (κ2) is 4.65. The van der Waals surface area contributed by atoms with Gasteiger partial charge in [0.05, 0.1) is 5.69 Å². The van der Waals surface area contributed by atoms with Gasteiger partial charge in [-0.05, 0) is 32.4 Å². The molecule has 0 saturated carbocycles. The number of anilines is 1.